The lowest BCUT2D eigenvalue weighted by molar-refractivity contribution is 1.28. The maximum atomic E-state index is 2.38. The van der Waals surface area contributed by atoms with Gasteiger partial charge in [-0.3, -0.25) is 0 Å². The van der Waals surface area contributed by atoms with Crippen LogP contribution in [0.2, 0.25) is 0 Å². The number of rotatable bonds is 7. The van der Waals surface area contributed by atoms with Gasteiger partial charge < -0.3 is 4.90 Å². The quantitative estimate of drug-likeness (QED) is 0.150. The first-order valence-corrected chi connectivity index (χ1v) is 18.9. The van der Waals surface area contributed by atoms with Gasteiger partial charge in [-0.2, -0.15) is 0 Å². The Hall–Kier alpha value is -7.22. The fourth-order valence-corrected chi connectivity index (χ4v) is 8.15. The number of hydrogen-bond donors (Lipinski definition) is 0. The molecular formula is C54H37N. The molecule has 0 saturated carbocycles. The van der Waals surface area contributed by atoms with Crippen LogP contribution in [-0.4, -0.2) is 0 Å². The molecule has 0 atom stereocenters. The van der Waals surface area contributed by atoms with E-state index in [1.165, 1.54) is 76.8 Å². The zero-order valence-electron chi connectivity index (χ0n) is 30.3. The molecule has 0 fully saturated rings. The second-order valence-electron chi connectivity index (χ2n) is 14.1. The summed E-state index contributed by atoms with van der Waals surface area (Å²) in [6, 6.07) is 81.4. The SMILES string of the molecule is c1ccc(-c2cccc(N(c3ccc(-c4cc5ccccc5c5ccccc45)cc3)c3cccc(-c4cccc(-c5cccc6ccccc56)c4)c3)c2)cc1. The Balaban J connectivity index is 1.09. The minimum atomic E-state index is 1.10. The molecule has 1 heteroatoms. The molecule has 0 aromatic heterocycles. The Labute approximate surface area is 322 Å². The topological polar surface area (TPSA) is 3.24 Å². The lowest BCUT2D eigenvalue weighted by atomic mass is 9.93. The van der Waals surface area contributed by atoms with E-state index in [1.54, 1.807) is 0 Å². The van der Waals surface area contributed by atoms with Crippen molar-refractivity contribution in [1.82, 2.24) is 0 Å². The van der Waals surface area contributed by atoms with Crippen LogP contribution >= 0.6 is 0 Å². The van der Waals surface area contributed by atoms with Crippen LogP contribution in [0.25, 0.3) is 76.8 Å². The van der Waals surface area contributed by atoms with Crippen LogP contribution in [0.3, 0.4) is 0 Å². The summed E-state index contributed by atoms with van der Waals surface area (Å²) >= 11 is 0. The predicted octanol–water partition coefficient (Wildman–Crippen LogP) is 15.3. The van der Waals surface area contributed by atoms with Gasteiger partial charge in [0.2, 0.25) is 0 Å². The van der Waals surface area contributed by atoms with Crippen LogP contribution in [0.15, 0.2) is 224 Å². The van der Waals surface area contributed by atoms with Crippen LogP contribution in [0.5, 0.6) is 0 Å². The molecule has 0 unspecified atom stereocenters. The molecule has 55 heavy (non-hydrogen) atoms. The van der Waals surface area contributed by atoms with Crippen LogP contribution in [0, 0.1) is 0 Å². The van der Waals surface area contributed by atoms with Crippen molar-refractivity contribution in [2.24, 2.45) is 0 Å². The minimum absolute atomic E-state index is 1.10. The summed E-state index contributed by atoms with van der Waals surface area (Å²) in [4.78, 5) is 2.38. The van der Waals surface area contributed by atoms with Crippen molar-refractivity contribution >= 4 is 49.4 Å². The lowest BCUT2D eigenvalue weighted by Gasteiger charge is -2.27. The number of hydrogen-bond acceptors (Lipinski definition) is 1. The fourth-order valence-electron chi connectivity index (χ4n) is 8.15. The van der Waals surface area contributed by atoms with E-state index in [2.05, 4.69) is 229 Å². The molecular weight excluding hydrogens is 663 g/mol. The summed E-state index contributed by atoms with van der Waals surface area (Å²) in [7, 11) is 0. The fraction of sp³-hybridized carbons (Fsp3) is 0. The average Bonchev–Trinajstić information content (AvgIpc) is 3.27. The molecule has 0 saturated heterocycles. The second-order valence-corrected chi connectivity index (χ2v) is 14.1. The highest BCUT2D eigenvalue weighted by atomic mass is 15.1. The molecule has 0 N–H and O–H groups in total. The van der Waals surface area contributed by atoms with E-state index >= 15 is 0 Å². The van der Waals surface area contributed by atoms with Crippen molar-refractivity contribution in [3.63, 3.8) is 0 Å². The molecule has 258 valence electrons. The zero-order valence-corrected chi connectivity index (χ0v) is 30.3. The molecule has 0 radical (unpaired) electrons. The minimum Gasteiger partial charge on any atom is -0.310 e. The van der Waals surface area contributed by atoms with E-state index < -0.39 is 0 Å². The third-order valence-corrected chi connectivity index (χ3v) is 10.8. The highest BCUT2D eigenvalue weighted by molar-refractivity contribution is 6.13. The third-order valence-electron chi connectivity index (χ3n) is 10.8. The number of anilines is 3. The average molecular weight is 700 g/mol. The van der Waals surface area contributed by atoms with Crippen molar-refractivity contribution < 1.29 is 0 Å². The molecule has 1 nitrogen and oxygen atoms in total. The smallest absolute Gasteiger partial charge is 0.0467 e. The Morgan fingerprint density at radius 2 is 0.727 bits per heavy atom. The molecule has 0 aliphatic heterocycles. The Morgan fingerprint density at radius 3 is 1.47 bits per heavy atom. The van der Waals surface area contributed by atoms with Gasteiger partial charge in [0, 0.05) is 17.1 Å². The Kier molecular flexibility index (Phi) is 8.24. The lowest BCUT2D eigenvalue weighted by Crippen LogP contribution is -2.10. The van der Waals surface area contributed by atoms with E-state index in [9.17, 15) is 0 Å². The Bertz CT molecular complexity index is 2970. The van der Waals surface area contributed by atoms with Gasteiger partial charge in [-0.1, -0.05) is 176 Å². The van der Waals surface area contributed by atoms with Gasteiger partial charge in [0.15, 0.2) is 0 Å². The standard InChI is InChI=1S/C54H37N/c1-2-14-38(15-3-1)42-20-11-23-47(35-42)55(46-32-30-40(31-33-46)54-37-45-17-5-7-26-51(45)52-27-8-9-28-53(52)54)48-24-12-21-43(36-48)41-19-10-22-44(34-41)50-29-13-18-39-16-4-6-25-49(39)50/h1-37H. The molecule has 0 aliphatic carbocycles. The first-order valence-electron chi connectivity index (χ1n) is 18.9. The van der Waals surface area contributed by atoms with Crippen LogP contribution in [0.4, 0.5) is 17.1 Å². The van der Waals surface area contributed by atoms with Gasteiger partial charge >= 0.3 is 0 Å². The van der Waals surface area contributed by atoms with Crippen molar-refractivity contribution in [2.75, 3.05) is 4.90 Å². The highest BCUT2D eigenvalue weighted by Crippen LogP contribution is 2.41. The number of fused-ring (bicyclic) bond motifs is 4. The molecule has 0 spiro atoms. The summed E-state index contributed by atoms with van der Waals surface area (Å²) in [5.74, 6) is 0. The van der Waals surface area contributed by atoms with Crippen LogP contribution in [-0.2, 0) is 0 Å². The summed E-state index contributed by atoms with van der Waals surface area (Å²) in [6.45, 7) is 0. The van der Waals surface area contributed by atoms with Gasteiger partial charge in [0.25, 0.3) is 0 Å². The van der Waals surface area contributed by atoms with Gasteiger partial charge in [0.05, 0.1) is 0 Å². The molecule has 0 aliphatic rings. The summed E-state index contributed by atoms with van der Waals surface area (Å²) in [6.07, 6.45) is 0. The maximum Gasteiger partial charge on any atom is 0.0467 e. The zero-order chi connectivity index (χ0) is 36.6. The van der Waals surface area contributed by atoms with Gasteiger partial charge in [-0.05, 0) is 125 Å². The van der Waals surface area contributed by atoms with E-state index in [1.807, 2.05) is 0 Å². The number of benzene rings is 10. The summed E-state index contributed by atoms with van der Waals surface area (Å²) in [5.41, 5.74) is 12.9. The van der Waals surface area contributed by atoms with Crippen molar-refractivity contribution in [1.29, 1.82) is 0 Å². The van der Waals surface area contributed by atoms with Gasteiger partial charge in [-0.15, -0.1) is 0 Å². The molecule has 10 aromatic carbocycles. The van der Waals surface area contributed by atoms with Crippen molar-refractivity contribution in [3.8, 4) is 44.5 Å². The summed E-state index contributed by atoms with van der Waals surface area (Å²) in [5, 5.41) is 7.59. The maximum absolute atomic E-state index is 2.38. The van der Waals surface area contributed by atoms with Crippen LogP contribution in [0.1, 0.15) is 0 Å². The van der Waals surface area contributed by atoms with E-state index in [0.717, 1.165) is 17.1 Å². The molecule has 10 rings (SSSR count). The summed E-state index contributed by atoms with van der Waals surface area (Å²) < 4.78 is 0. The molecule has 10 aromatic rings. The van der Waals surface area contributed by atoms with Gasteiger partial charge in [-0.25, -0.2) is 0 Å². The van der Waals surface area contributed by atoms with Gasteiger partial charge in [0.1, 0.15) is 0 Å². The van der Waals surface area contributed by atoms with E-state index in [0.29, 0.717) is 0 Å². The molecule has 0 heterocycles. The molecule has 0 amide bonds. The van der Waals surface area contributed by atoms with E-state index in [4.69, 9.17) is 0 Å². The molecule has 0 bridgehead atoms. The first-order chi connectivity index (χ1) is 27.3. The second kappa shape index (κ2) is 14.0. The Morgan fingerprint density at radius 1 is 0.218 bits per heavy atom. The normalized spacial score (nSPS) is 11.3. The van der Waals surface area contributed by atoms with Crippen molar-refractivity contribution in [3.05, 3.63) is 224 Å². The largest absolute Gasteiger partial charge is 0.310 e. The third kappa shape index (κ3) is 6.12. The number of nitrogens with zero attached hydrogens (tertiary/aromatic N) is 1. The monoisotopic (exact) mass is 699 g/mol. The highest BCUT2D eigenvalue weighted by Gasteiger charge is 2.16. The van der Waals surface area contributed by atoms with Crippen molar-refractivity contribution in [2.45, 2.75) is 0 Å². The van der Waals surface area contributed by atoms with E-state index in [-0.39, 0.29) is 0 Å². The van der Waals surface area contributed by atoms with Crippen LogP contribution < -0.4 is 4.90 Å². The predicted molar refractivity (Wildman–Crippen MR) is 235 cm³/mol. The first kappa shape index (κ1) is 32.4.